The van der Waals surface area contributed by atoms with Crippen LogP contribution in [0.25, 0.3) is 0 Å². The fourth-order valence-corrected chi connectivity index (χ4v) is 3.25. The lowest BCUT2D eigenvalue weighted by molar-refractivity contribution is -0.133. The van der Waals surface area contributed by atoms with Crippen molar-refractivity contribution in [3.8, 4) is 0 Å². The number of nitrogens with zero attached hydrogens (tertiary/aromatic N) is 1. The summed E-state index contributed by atoms with van der Waals surface area (Å²) in [7, 11) is 0. The van der Waals surface area contributed by atoms with Gasteiger partial charge in [-0.3, -0.25) is 4.79 Å². The van der Waals surface area contributed by atoms with Crippen LogP contribution in [0.15, 0.2) is 30.3 Å². The van der Waals surface area contributed by atoms with E-state index in [9.17, 15) is 4.79 Å². The summed E-state index contributed by atoms with van der Waals surface area (Å²) >= 11 is 1.78. The molecule has 0 aliphatic carbocycles. The Morgan fingerprint density at radius 2 is 2.12 bits per heavy atom. The van der Waals surface area contributed by atoms with Gasteiger partial charge in [0.25, 0.3) is 0 Å². The van der Waals surface area contributed by atoms with Crippen LogP contribution in [0, 0.1) is 0 Å². The second-order valence-corrected chi connectivity index (χ2v) is 5.81. The third-order valence-corrected chi connectivity index (χ3v) is 4.24. The van der Waals surface area contributed by atoms with E-state index in [-0.39, 0.29) is 5.25 Å². The Bertz CT molecular complexity index is 364. The van der Waals surface area contributed by atoms with E-state index in [0.29, 0.717) is 5.91 Å². The van der Waals surface area contributed by atoms with Crippen molar-refractivity contribution < 1.29 is 4.79 Å². The molecule has 1 amide bonds. The topological polar surface area (TPSA) is 20.3 Å². The summed E-state index contributed by atoms with van der Waals surface area (Å²) in [6, 6.07) is 10.2. The first-order valence-corrected chi connectivity index (χ1v) is 7.30. The predicted molar refractivity (Wildman–Crippen MR) is 73.0 cm³/mol. The molecule has 92 valence electrons. The van der Waals surface area contributed by atoms with Gasteiger partial charge in [-0.2, -0.15) is 0 Å². The van der Waals surface area contributed by atoms with Crippen LogP contribution in [-0.4, -0.2) is 28.4 Å². The van der Waals surface area contributed by atoms with Crippen molar-refractivity contribution in [1.29, 1.82) is 0 Å². The highest BCUT2D eigenvalue weighted by Gasteiger charge is 2.28. The molecule has 1 unspecified atom stereocenters. The highest BCUT2D eigenvalue weighted by molar-refractivity contribution is 8.00. The van der Waals surface area contributed by atoms with Crippen molar-refractivity contribution in [3.63, 3.8) is 0 Å². The summed E-state index contributed by atoms with van der Waals surface area (Å²) in [5, 5.41) is 0.192. The summed E-state index contributed by atoms with van der Waals surface area (Å²) in [5.74, 6) is 1.35. The molecule has 1 aromatic carbocycles. The molecule has 1 aliphatic rings. The molecule has 2 rings (SSSR count). The fraction of sp³-hybridized carbons (Fsp3) is 0.500. The van der Waals surface area contributed by atoms with E-state index >= 15 is 0 Å². The Morgan fingerprint density at radius 3 is 2.82 bits per heavy atom. The van der Waals surface area contributed by atoms with E-state index in [4.69, 9.17) is 0 Å². The number of amides is 1. The van der Waals surface area contributed by atoms with E-state index in [1.54, 1.807) is 11.8 Å². The first-order valence-electron chi connectivity index (χ1n) is 6.25. The minimum atomic E-state index is 0.192. The van der Waals surface area contributed by atoms with Gasteiger partial charge in [-0.1, -0.05) is 37.3 Å². The van der Waals surface area contributed by atoms with Gasteiger partial charge in [-0.05, 0) is 24.2 Å². The van der Waals surface area contributed by atoms with Crippen LogP contribution in [0.4, 0.5) is 0 Å². The normalized spacial score (nSPS) is 20.6. The van der Waals surface area contributed by atoms with Crippen molar-refractivity contribution in [3.05, 3.63) is 35.9 Å². The molecule has 0 N–H and O–H groups in total. The number of hydrogen-bond acceptors (Lipinski definition) is 2. The van der Waals surface area contributed by atoms with Crippen molar-refractivity contribution >= 4 is 17.7 Å². The van der Waals surface area contributed by atoms with Crippen molar-refractivity contribution in [2.45, 2.75) is 31.6 Å². The Labute approximate surface area is 107 Å². The quantitative estimate of drug-likeness (QED) is 0.817. The molecule has 1 aromatic rings. The van der Waals surface area contributed by atoms with Crippen molar-refractivity contribution in [2.24, 2.45) is 0 Å². The molecule has 1 aliphatic heterocycles. The van der Waals surface area contributed by atoms with Crippen molar-refractivity contribution in [2.75, 3.05) is 12.3 Å². The first-order chi connectivity index (χ1) is 8.31. The van der Waals surface area contributed by atoms with E-state index in [2.05, 4.69) is 19.1 Å². The summed E-state index contributed by atoms with van der Waals surface area (Å²) in [5.41, 5.74) is 1.22. The SMILES string of the molecule is CCSC1CCCN(Cc2ccccc2)C1=O. The zero-order valence-corrected chi connectivity index (χ0v) is 11.1. The summed E-state index contributed by atoms with van der Waals surface area (Å²) in [4.78, 5) is 14.2. The molecule has 1 saturated heterocycles. The number of rotatable bonds is 4. The van der Waals surface area contributed by atoms with Gasteiger partial charge >= 0.3 is 0 Å². The van der Waals surface area contributed by atoms with E-state index in [1.807, 2.05) is 23.1 Å². The molecular weight excluding hydrogens is 230 g/mol. The van der Waals surface area contributed by atoms with Gasteiger partial charge in [-0.15, -0.1) is 11.8 Å². The number of carbonyl (C=O) groups is 1. The maximum Gasteiger partial charge on any atom is 0.235 e. The smallest absolute Gasteiger partial charge is 0.235 e. The van der Waals surface area contributed by atoms with Gasteiger partial charge < -0.3 is 4.90 Å². The molecule has 0 aromatic heterocycles. The lowest BCUT2D eigenvalue weighted by Crippen LogP contribution is -2.42. The molecule has 2 nitrogen and oxygen atoms in total. The molecule has 0 saturated carbocycles. The number of piperidine rings is 1. The van der Waals surface area contributed by atoms with Gasteiger partial charge in [0.15, 0.2) is 0 Å². The van der Waals surface area contributed by atoms with Crippen LogP contribution >= 0.6 is 11.8 Å². The third kappa shape index (κ3) is 3.25. The Kier molecular flexibility index (Phi) is 4.49. The largest absolute Gasteiger partial charge is 0.337 e. The van der Waals surface area contributed by atoms with Crippen LogP contribution in [0.2, 0.25) is 0 Å². The summed E-state index contributed by atoms with van der Waals surface area (Å²) in [6.07, 6.45) is 2.18. The number of benzene rings is 1. The van der Waals surface area contributed by atoms with Gasteiger partial charge in [0.2, 0.25) is 5.91 Å². The molecule has 0 bridgehead atoms. The average molecular weight is 249 g/mol. The maximum atomic E-state index is 12.2. The van der Waals surface area contributed by atoms with Crippen LogP contribution in [0.3, 0.4) is 0 Å². The second-order valence-electron chi connectivity index (χ2n) is 4.33. The lowest BCUT2D eigenvalue weighted by Gasteiger charge is -2.32. The van der Waals surface area contributed by atoms with Gasteiger partial charge in [-0.25, -0.2) is 0 Å². The lowest BCUT2D eigenvalue weighted by atomic mass is 10.1. The van der Waals surface area contributed by atoms with E-state index in [1.165, 1.54) is 5.56 Å². The summed E-state index contributed by atoms with van der Waals surface area (Å²) in [6.45, 7) is 3.79. The molecule has 17 heavy (non-hydrogen) atoms. The van der Waals surface area contributed by atoms with Crippen LogP contribution in [-0.2, 0) is 11.3 Å². The minimum absolute atomic E-state index is 0.192. The van der Waals surface area contributed by atoms with E-state index in [0.717, 1.165) is 31.7 Å². The Morgan fingerprint density at radius 1 is 1.35 bits per heavy atom. The van der Waals surface area contributed by atoms with Crippen LogP contribution < -0.4 is 0 Å². The maximum absolute atomic E-state index is 12.2. The monoisotopic (exact) mass is 249 g/mol. The number of hydrogen-bond donors (Lipinski definition) is 0. The van der Waals surface area contributed by atoms with Crippen LogP contribution in [0.1, 0.15) is 25.3 Å². The van der Waals surface area contributed by atoms with E-state index < -0.39 is 0 Å². The third-order valence-electron chi connectivity index (χ3n) is 3.07. The molecular formula is C14H19NOS. The van der Waals surface area contributed by atoms with Gasteiger partial charge in [0.05, 0.1) is 5.25 Å². The van der Waals surface area contributed by atoms with Crippen LogP contribution in [0.5, 0.6) is 0 Å². The highest BCUT2D eigenvalue weighted by Crippen LogP contribution is 2.24. The van der Waals surface area contributed by atoms with Gasteiger partial charge in [0.1, 0.15) is 0 Å². The Balaban J connectivity index is 1.98. The molecule has 1 heterocycles. The second kappa shape index (κ2) is 6.10. The van der Waals surface area contributed by atoms with Crippen molar-refractivity contribution in [1.82, 2.24) is 4.90 Å². The Hall–Kier alpha value is -0.960. The minimum Gasteiger partial charge on any atom is -0.337 e. The predicted octanol–water partition coefficient (Wildman–Crippen LogP) is 2.93. The zero-order valence-electron chi connectivity index (χ0n) is 10.3. The fourth-order valence-electron chi connectivity index (χ4n) is 2.22. The average Bonchev–Trinajstić information content (AvgIpc) is 2.36. The standard InChI is InChI=1S/C14H19NOS/c1-2-17-13-9-6-10-15(14(13)16)11-12-7-4-3-5-8-12/h3-5,7-8,13H,2,6,9-11H2,1H3. The molecule has 1 fully saturated rings. The molecule has 0 radical (unpaired) electrons. The molecule has 1 atom stereocenters. The number of carbonyl (C=O) groups excluding carboxylic acids is 1. The number of thioether (sulfide) groups is 1. The van der Waals surface area contributed by atoms with Gasteiger partial charge in [0, 0.05) is 13.1 Å². The highest BCUT2D eigenvalue weighted by atomic mass is 32.2. The first kappa shape index (κ1) is 12.5. The number of likely N-dealkylation sites (tertiary alicyclic amines) is 1. The zero-order chi connectivity index (χ0) is 12.1. The molecule has 0 spiro atoms. The summed E-state index contributed by atoms with van der Waals surface area (Å²) < 4.78 is 0. The molecule has 3 heteroatoms.